The molecule has 1 aliphatic heterocycles. The van der Waals surface area contributed by atoms with E-state index in [4.69, 9.17) is 21.4 Å². The molecule has 7 heteroatoms. The van der Waals surface area contributed by atoms with Gasteiger partial charge in [-0.2, -0.15) is 0 Å². The van der Waals surface area contributed by atoms with Crippen molar-refractivity contribution >= 4 is 29.2 Å². The second kappa shape index (κ2) is 5.32. The summed E-state index contributed by atoms with van der Waals surface area (Å²) in [6.45, 7) is 0. The Balaban J connectivity index is 1.95. The Bertz CT molecular complexity index is 480. The van der Waals surface area contributed by atoms with Crippen LogP contribution in [0.25, 0.3) is 0 Å². The number of aliphatic carboxylic acids is 1. The first kappa shape index (κ1) is 12.8. The molecule has 1 aromatic heterocycles. The Hall–Kier alpha value is -1.66. The number of carbonyl (C=O) groups is 2. The number of rotatable bonds is 3. The Morgan fingerprint density at radius 2 is 2.17 bits per heavy atom. The normalized spacial score (nSPS) is 22.7. The molecule has 1 saturated heterocycles. The van der Waals surface area contributed by atoms with Gasteiger partial charge in [-0.25, -0.2) is 9.78 Å². The average molecular weight is 271 g/mol. The highest BCUT2D eigenvalue weighted by Crippen LogP contribution is 2.21. The molecule has 0 aliphatic carbocycles. The zero-order valence-electron chi connectivity index (χ0n) is 9.30. The van der Waals surface area contributed by atoms with Gasteiger partial charge in [-0.15, -0.1) is 0 Å². The number of carboxylic acid groups (broad SMARTS) is 1. The molecule has 2 unspecified atom stereocenters. The second-order valence-electron chi connectivity index (χ2n) is 3.89. The Labute approximate surface area is 108 Å². The van der Waals surface area contributed by atoms with Gasteiger partial charge in [-0.3, -0.25) is 4.79 Å². The summed E-state index contributed by atoms with van der Waals surface area (Å²) in [4.78, 5) is 26.3. The van der Waals surface area contributed by atoms with Crippen LogP contribution in [0.15, 0.2) is 18.3 Å². The minimum atomic E-state index is -1.04. The van der Waals surface area contributed by atoms with Gasteiger partial charge in [0.2, 0.25) is 0 Å². The van der Waals surface area contributed by atoms with Crippen LogP contribution in [-0.4, -0.2) is 34.2 Å². The maximum absolute atomic E-state index is 11.8. The fraction of sp³-hybridized carbons (Fsp3) is 0.364. The van der Waals surface area contributed by atoms with Crippen molar-refractivity contribution in [2.24, 2.45) is 0 Å². The molecule has 0 spiro atoms. The minimum absolute atomic E-state index is 0.267. The number of carbonyl (C=O) groups excluding carboxylic acids is 1. The van der Waals surface area contributed by atoms with E-state index in [1.807, 2.05) is 0 Å². The molecule has 18 heavy (non-hydrogen) atoms. The van der Waals surface area contributed by atoms with Crippen molar-refractivity contribution in [1.29, 1.82) is 0 Å². The Morgan fingerprint density at radius 1 is 1.44 bits per heavy atom. The van der Waals surface area contributed by atoms with Crippen LogP contribution in [0.1, 0.15) is 12.8 Å². The van der Waals surface area contributed by atoms with E-state index in [1.54, 1.807) is 6.07 Å². The molecule has 0 radical (unpaired) electrons. The van der Waals surface area contributed by atoms with Gasteiger partial charge in [0.05, 0.1) is 0 Å². The monoisotopic (exact) mass is 270 g/mol. The highest BCUT2D eigenvalue weighted by atomic mass is 35.5. The van der Waals surface area contributed by atoms with E-state index in [0.717, 1.165) is 0 Å². The molecule has 0 bridgehead atoms. The quantitative estimate of drug-likeness (QED) is 0.809. The SMILES string of the molecule is O=C(O)C1CCC(C(=O)Nc2ccnc(Cl)c2)O1. The number of ether oxygens (including phenoxy) is 1. The smallest absolute Gasteiger partial charge is 0.332 e. The molecule has 2 N–H and O–H groups in total. The molecular weight excluding hydrogens is 260 g/mol. The number of carboxylic acids is 1. The van der Waals surface area contributed by atoms with Crippen molar-refractivity contribution in [2.45, 2.75) is 25.0 Å². The molecular formula is C11H11ClN2O4. The van der Waals surface area contributed by atoms with E-state index in [1.165, 1.54) is 12.3 Å². The molecule has 2 atom stereocenters. The molecule has 1 aliphatic rings. The predicted octanol–water partition coefficient (Wildman–Crippen LogP) is 1.31. The zero-order valence-corrected chi connectivity index (χ0v) is 10.1. The summed E-state index contributed by atoms with van der Waals surface area (Å²) >= 11 is 5.68. The molecule has 1 aromatic rings. The summed E-state index contributed by atoms with van der Waals surface area (Å²) < 4.78 is 5.13. The van der Waals surface area contributed by atoms with Gasteiger partial charge < -0.3 is 15.2 Å². The van der Waals surface area contributed by atoms with Gasteiger partial charge >= 0.3 is 5.97 Å². The number of aromatic nitrogens is 1. The van der Waals surface area contributed by atoms with Crippen LogP contribution in [0, 0.1) is 0 Å². The van der Waals surface area contributed by atoms with Crippen molar-refractivity contribution in [3.63, 3.8) is 0 Å². The highest BCUT2D eigenvalue weighted by molar-refractivity contribution is 6.29. The third-order valence-corrected chi connectivity index (χ3v) is 2.79. The van der Waals surface area contributed by atoms with E-state index < -0.39 is 18.2 Å². The minimum Gasteiger partial charge on any atom is -0.479 e. The van der Waals surface area contributed by atoms with Crippen molar-refractivity contribution in [2.75, 3.05) is 5.32 Å². The summed E-state index contributed by atoms with van der Waals surface area (Å²) in [6.07, 6.45) is 0.555. The first-order valence-corrected chi connectivity index (χ1v) is 5.75. The van der Waals surface area contributed by atoms with Crippen molar-refractivity contribution in [3.8, 4) is 0 Å². The van der Waals surface area contributed by atoms with Gasteiger partial charge in [-0.05, 0) is 25.0 Å². The predicted molar refractivity (Wildman–Crippen MR) is 63.4 cm³/mol. The Kier molecular flexibility index (Phi) is 3.78. The number of anilines is 1. The van der Waals surface area contributed by atoms with Crippen LogP contribution < -0.4 is 5.32 Å². The lowest BCUT2D eigenvalue weighted by atomic mass is 10.2. The average Bonchev–Trinajstić information content (AvgIpc) is 2.78. The van der Waals surface area contributed by atoms with Crippen molar-refractivity contribution in [3.05, 3.63) is 23.5 Å². The lowest BCUT2D eigenvalue weighted by Crippen LogP contribution is -2.29. The van der Waals surface area contributed by atoms with Crippen LogP contribution >= 0.6 is 11.6 Å². The third-order valence-electron chi connectivity index (χ3n) is 2.58. The number of amides is 1. The van der Waals surface area contributed by atoms with Gasteiger partial charge in [0, 0.05) is 11.9 Å². The Morgan fingerprint density at radius 3 is 2.78 bits per heavy atom. The maximum atomic E-state index is 11.8. The number of halogens is 1. The van der Waals surface area contributed by atoms with Crippen LogP contribution in [0.3, 0.4) is 0 Å². The number of hydrogen-bond donors (Lipinski definition) is 2. The topological polar surface area (TPSA) is 88.5 Å². The number of nitrogens with zero attached hydrogens (tertiary/aromatic N) is 1. The summed E-state index contributed by atoms with van der Waals surface area (Å²) in [5.41, 5.74) is 0.502. The molecule has 1 fully saturated rings. The highest BCUT2D eigenvalue weighted by Gasteiger charge is 2.34. The maximum Gasteiger partial charge on any atom is 0.332 e. The molecule has 0 aromatic carbocycles. The summed E-state index contributed by atoms with van der Waals surface area (Å²) in [5.74, 6) is -1.42. The summed E-state index contributed by atoms with van der Waals surface area (Å²) in [7, 11) is 0. The number of nitrogens with one attached hydrogen (secondary N) is 1. The van der Waals surface area contributed by atoms with Crippen LogP contribution in [0.4, 0.5) is 5.69 Å². The fourth-order valence-corrected chi connectivity index (χ4v) is 1.89. The second-order valence-corrected chi connectivity index (χ2v) is 4.27. The van der Waals surface area contributed by atoms with E-state index >= 15 is 0 Å². The van der Waals surface area contributed by atoms with Crippen molar-refractivity contribution in [1.82, 2.24) is 4.98 Å². The first-order valence-electron chi connectivity index (χ1n) is 5.37. The molecule has 2 heterocycles. The summed E-state index contributed by atoms with van der Waals surface area (Å²) in [5, 5.41) is 11.6. The fourth-order valence-electron chi connectivity index (χ4n) is 1.71. The van der Waals surface area contributed by atoms with Crippen LogP contribution in [-0.2, 0) is 14.3 Å². The standard InChI is InChI=1S/C11H11ClN2O4/c12-9-5-6(3-4-13-9)14-10(15)7-1-2-8(18-7)11(16)17/h3-5,7-8H,1-2H2,(H,16,17)(H,13,14,15). The van der Waals surface area contributed by atoms with Crippen LogP contribution in [0.2, 0.25) is 5.15 Å². The lowest BCUT2D eigenvalue weighted by molar-refractivity contribution is -0.150. The molecule has 1 amide bonds. The molecule has 96 valence electrons. The largest absolute Gasteiger partial charge is 0.479 e. The van der Waals surface area contributed by atoms with E-state index in [0.29, 0.717) is 18.5 Å². The van der Waals surface area contributed by atoms with Gasteiger partial charge in [0.1, 0.15) is 11.3 Å². The molecule has 2 rings (SSSR count). The van der Waals surface area contributed by atoms with Gasteiger partial charge in [-0.1, -0.05) is 11.6 Å². The number of hydrogen-bond acceptors (Lipinski definition) is 4. The van der Waals surface area contributed by atoms with E-state index in [9.17, 15) is 9.59 Å². The van der Waals surface area contributed by atoms with Gasteiger partial charge in [0.25, 0.3) is 5.91 Å². The lowest BCUT2D eigenvalue weighted by Gasteiger charge is -2.11. The molecule has 0 saturated carbocycles. The molecule has 6 nitrogen and oxygen atoms in total. The summed E-state index contributed by atoms with van der Waals surface area (Å²) in [6, 6.07) is 3.09. The van der Waals surface area contributed by atoms with Crippen LogP contribution in [0.5, 0.6) is 0 Å². The van der Waals surface area contributed by atoms with E-state index in [2.05, 4.69) is 10.3 Å². The third kappa shape index (κ3) is 2.96. The zero-order chi connectivity index (χ0) is 13.1. The number of pyridine rings is 1. The first-order chi connectivity index (χ1) is 8.56. The van der Waals surface area contributed by atoms with Crippen molar-refractivity contribution < 1.29 is 19.4 Å². The van der Waals surface area contributed by atoms with E-state index in [-0.39, 0.29) is 11.1 Å². The van der Waals surface area contributed by atoms with Gasteiger partial charge in [0.15, 0.2) is 6.10 Å².